The van der Waals surface area contributed by atoms with E-state index in [1.165, 1.54) is 32.1 Å². The third-order valence-corrected chi connectivity index (χ3v) is 3.57. The van der Waals surface area contributed by atoms with Gasteiger partial charge in [0.15, 0.2) is 5.82 Å². The maximum Gasteiger partial charge on any atom is 0.167 e. The Morgan fingerprint density at radius 1 is 1.29 bits per heavy atom. The molecule has 0 bridgehead atoms. The molecule has 3 N–H and O–H groups in total. The van der Waals surface area contributed by atoms with E-state index in [-0.39, 0.29) is 6.04 Å². The Morgan fingerprint density at radius 2 is 2.00 bits per heavy atom. The highest BCUT2D eigenvalue weighted by molar-refractivity contribution is 5.02. The summed E-state index contributed by atoms with van der Waals surface area (Å²) in [7, 11) is 0. The van der Waals surface area contributed by atoms with E-state index in [9.17, 15) is 0 Å². The Morgan fingerprint density at radius 3 is 2.65 bits per heavy atom. The lowest BCUT2D eigenvalue weighted by molar-refractivity contribution is 0.429. The summed E-state index contributed by atoms with van der Waals surface area (Å²) in [6.07, 6.45) is 7.44. The van der Waals surface area contributed by atoms with Crippen LogP contribution in [0.25, 0.3) is 0 Å². The Balaban J connectivity index is 1.99. The Hall–Kier alpha value is -0.900. The first-order valence-electron chi connectivity index (χ1n) is 6.84. The molecule has 1 aromatic heterocycles. The van der Waals surface area contributed by atoms with Gasteiger partial charge in [-0.05, 0) is 25.2 Å². The van der Waals surface area contributed by atoms with Gasteiger partial charge in [-0.1, -0.05) is 33.1 Å². The minimum absolute atomic E-state index is 0.0245. The van der Waals surface area contributed by atoms with Crippen LogP contribution in [0.1, 0.15) is 76.0 Å². The van der Waals surface area contributed by atoms with Crippen LogP contribution in [0.5, 0.6) is 0 Å². The summed E-state index contributed by atoms with van der Waals surface area (Å²) < 4.78 is 0. The molecule has 0 saturated heterocycles. The lowest BCUT2D eigenvalue weighted by Crippen LogP contribution is -2.14. The Bertz CT molecular complexity index is 339. The molecular weight excluding hydrogens is 212 g/mol. The van der Waals surface area contributed by atoms with Crippen molar-refractivity contribution in [2.24, 2.45) is 11.7 Å². The van der Waals surface area contributed by atoms with Crippen LogP contribution >= 0.6 is 0 Å². The normalized spacial score (nSPS) is 19.8. The lowest BCUT2D eigenvalue weighted by atomic mass is 9.89. The van der Waals surface area contributed by atoms with E-state index >= 15 is 0 Å². The molecule has 1 unspecified atom stereocenters. The fourth-order valence-corrected chi connectivity index (χ4v) is 2.63. The zero-order valence-electron chi connectivity index (χ0n) is 10.9. The smallest absolute Gasteiger partial charge is 0.167 e. The van der Waals surface area contributed by atoms with Crippen molar-refractivity contribution in [1.29, 1.82) is 0 Å². The molecule has 1 saturated carbocycles. The maximum absolute atomic E-state index is 6.09. The van der Waals surface area contributed by atoms with Crippen LogP contribution in [0.3, 0.4) is 0 Å². The molecule has 1 atom stereocenters. The maximum atomic E-state index is 6.09. The topological polar surface area (TPSA) is 67.6 Å². The molecule has 0 spiro atoms. The van der Waals surface area contributed by atoms with Gasteiger partial charge in [0.05, 0.1) is 6.04 Å². The highest BCUT2D eigenvalue weighted by atomic mass is 15.2. The molecule has 17 heavy (non-hydrogen) atoms. The standard InChI is InChI=1S/C13H24N4/c1-9(2)8-11(14)13-15-12(16-17-13)10-6-4-3-5-7-10/h9-11H,3-8,14H2,1-2H3,(H,15,16,17). The van der Waals surface area contributed by atoms with Gasteiger partial charge < -0.3 is 5.73 Å². The SMILES string of the molecule is CC(C)CC(N)c1n[nH]c(C2CCCCC2)n1. The second kappa shape index (κ2) is 5.63. The number of aromatic amines is 1. The number of nitrogens with two attached hydrogens (primary N) is 1. The van der Waals surface area contributed by atoms with Crippen molar-refractivity contribution in [3.63, 3.8) is 0 Å². The predicted molar refractivity (Wildman–Crippen MR) is 68.6 cm³/mol. The van der Waals surface area contributed by atoms with E-state index in [1.54, 1.807) is 0 Å². The molecule has 1 aromatic rings. The van der Waals surface area contributed by atoms with E-state index in [4.69, 9.17) is 5.73 Å². The second-order valence-electron chi connectivity index (χ2n) is 5.65. The molecule has 0 aliphatic heterocycles. The molecule has 4 nitrogen and oxygen atoms in total. The van der Waals surface area contributed by atoms with Crippen LogP contribution in [0, 0.1) is 5.92 Å². The molecule has 1 aliphatic rings. The van der Waals surface area contributed by atoms with Crippen molar-refractivity contribution in [1.82, 2.24) is 15.2 Å². The van der Waals surface area contributed by atoms with Gasteiger partial charge in [-0.25, -0.2) is 4.98 Å². The monoisotopic (exact) mass is 236 g/mol. The van der Waals surface area contributed by atoms with Gasteiger partial charge in [0.2, 0.25) is 0 Å². The predicted octanol–water partition coefficient (Wildman–Crippen LogP) is 2.90. The van der Waals surface area contributed by atoms with Gasteiger partial charge in [-0.3, -0.25) is 5.10 Å². The molecule has 1 fully saturated rings. The molecule has 1 aliphatic carbocycles. The average Bonchev–Trinajstić information content (AvgIpc) is 2.78. The third kappa shape index (κ3) is 3.28. The number of aromatic nitrogens is 3. The number of nitrogens with one attached hydrogen (secondary N) is 1. The minimum Gasteiger partial charge on any atom is -0.321 e. The van der Waals surface area contributed by atoms with Gasteiger partial charge >= 0.3 is 0 Å². The molecule has 4 heteroatoms. The molecule has 96 valence electrons. The van der Waals surface area contributed by atoms with Crippen molar-refractivity contribution in [2.75, 3.05) is 0 Å². The van der Waals surface area contributed by atoms with Crippen LogP contribution in [0.2, 0.25) is 0 Å². The van der Waals surface area contributed by atoms with E-state index in [1.807, 2.05) is 0 Å². The molecule has 0 amide bonds. The van der Waals surface area contributed by atoms with Gasteiger partial charge in [-0.2, -0.15) is 5.10 Å². The summed E-state index contributed by atoms with van der Waals surface area (Å²) in [6.45, 7) is 4.35. The zero-order valence-corrected chi connectivity index (χ0v) is 10.9. The Labute approximate surface area is 103 Å². The quantitative estimate of drug-likeness (QED) is 0.844. The van der Waals surface area contributed by atoms with E-state index in [0.717, 1.165) is 18.1 Å². The second-order valence-corrected chi connectivity index (χ2v) is 5.65. The summed E-state index contributed by atoms with van der Waals surface area (Å²) in [5, 5.41) is 7.37. The minimum atomic E-state index is -0.0245. The Kier molecular flexibility index (Phi) is 4.15. The first-order chi connectivity index (χ1) is 8.16. The van der Waals surface area contributed by atoms with Gasteiger partial charge in [0, 0.05) is 5.92 Å². The first kappa shape index (κ1) is 12.6. The molecular formula is C13H24N4. The van der Waals surface area contributed by atoms with Crippen LogP contribution in [-0.4, -0.2) is 15.2 Å². The molecule has 1 heterocycles. The van der Waals surface area contributed by atoms with Crippen LogP contribution < -0.4 is 5.73 Å². The number of nitrogens with zero attached hydrogens (tertiary/aromatic N) is 2. The summed E-state index contributed by atoms with van der Waals surface area (Å²) in [4.78, 5) is 4.60. The number of H-pyrrole nitrogens is 1. The third-order valence-electron chi connectivity index (χ3n) is 3.57. The number of hydrogen-bond donors (Lipinski definition) is 2. The fraction of sp³-hybridized carbons (Fsp3) is 0.846. The molecule has 0 aromatic carbocycles. The molecule has 0 radical (unpaired) electrons. The summed E-state index contributed by atoms with van der Waals surface area (Å²) >= 11 is 0. The van der Waals surface area contributed by atoms with Gasteiger partial charge in [0.25, 0.3) is 0 Å². The van der Waals surface area contributed by atoms with E-state index in [0.29, 0.717) is 11.8 Å². The largest absolute Gasteiger partial charge is 0.321 e. The zero-order chi connectivity index (χ0) is 12.3. The van der Waals surface area contributed by atoms with Gasteiger partial charge in [0.1, 0.15) is 5.82 Å². The lowest BCUT2D eigenvalue weighted by Gasteiger charge is -2.18. The first-order valence-corrected chi connectivity index (χ1v) is 6.84. The van der Waals surface area contributed by atoms with Crippen molar-refractivity contribution < 1.29 is 0 Å². The highest BCUT2D eigenvalue weighted by Crippen LogP contribution is 2.30. The summed E-state index contributed by atoms with van der Waals surface area (Å²) in [6, 6.07) is -0.0245. The van der Waals surface area contributed by atoms with E-state index < -0.39 is 0 Å². The highest BCUT2D eigenvalue weighted by Gasteiger charge is 2.21. The number of rotatable bonds is 4. The van der Waals surface area contributed by atoms with Crippen LogP contribution in [0.4, 0.5) is 0 Å². The summed E-state index contributed by atoms with van der Waals surface area (Å²) in [5.74, 6) is 3.01. The van der Waals surface area contributed by atoms with Crippen molar-refractivity contribution in [2.45, 2.75) is 64.3 Å². The van der Waals surface area contributed by atoms with Crippen molar-refractivity contribution in [3.05, 3.63) is 11.6 Å². The van der Waals surface area contributed by atoms with Crippen LogP contribution in [-0.2, 0) is 0 Å². The van der Waals surface area contributed by atoms with Crippen LogP contribution in [0.15, 0.2) is 0 Å². The van der Waals surface area contributed by atoms with Crippen molar-refractivity contribution in [3.8, 4) is 0 Å². The summed E-state index contributed by atoms with van der Waals surface area (Å²) in [5.41, 5.74) is 6.09. The van der Waals surface area contributed by atoms with Gasteiger partial charge in [-0.15, -0.1) is 0 Å². The molecule has 2 rings (SSSR count). The number of hydrogen-bond acceptors (Lipinski definition) is 3. The fourth-order valence-electron chi connectivity index (χ4n) is 2.63. The van der Waals surface area contributed by atoms with Crippen molar-refractivity contribution >= 4 is 0 Å². The average molecular weight is 236 g/mol. The van der Waals surface area contributed by atoms with E-state index in [2.05, 4.69) is 29.0 Å².